The van der Waals surface area contributed by atoms with Crippen molar-refractivity contribution in [2.75, 3.05) is 6.54 Å². The molecule has 4 bridgehead atoms. The summed E-state index contributed by atoms with van der Waals surface area (Å²) in [6.45, 7) is 2.75. The molecule has 5 aliphatic carbocycles. The smallest absolute Gasteiger partial charge is 0.323 e. The number of piperidine rings is 1. The van der Waals surface area contributed by atoms with E-state index in [2.05, 4.69) is 13.0 Å². The van der Waals surface area contributed by atoms with Gasteiger partial charge >= 0.3 is 5.97 Å². The first kappa shape index (κ1) is 23.1. The zero-order valence-corrected chi connectivity index (χ0v) is 19.7. The molecule has 6 rings (SSSR count). The molecule has 1 heterocycles. The van der Waals surface area contributed by atoms with Gasteiger partial charge in [0.05, 0.1) is 12.1 Å². The largest absolute Gasteiger partial charge is 0.458 e. The van der Waals surface area contributed by atoms with Crippen LogP contribution < -0.4 is 17.2 Å². The second-order valence-electron chi connectivity index (χ2n) is 11.9. The van der Waals surface area contributed by atoms with Crippen molar-refractivity contribution in [1.82, 2.24) is 4.90 Å². The number of nitrogens with two attached hydrogens (primary N) is 3. The van der Waals surface area contributed by atoms with Crippen molar-refractivity contribution in [2.24, 2.45) is 46.3 Å². The maximum atomic E-state index is 13.7. The normalized spacial score (nSPS) is 44.2. The van der Waals surface area contributed by atoms with Crippen molar-refractivity contribution < 1.29 is 14.3 Å². The second-order valence-corrected chi connectivity index (χ2v) is 11.9. The monoisotopic (exact) mass is 457 g/mol. The molecule has 0 radical (unpaired) electrons. The number of ether oxygens (including phenoxy) is 1. The van der Waals surface area contributed by atoms with E-state index in [1.54, 1.807) is 0 Å². The summed E-state index contributed by atoms with van der Waals surface area (Å²) in [7, 11) is 0. The number of nitriles is 1. The summed E-state index contributed by atoms with van der Waals surface area (Å²) >= 11 is 0. The van der Waals surface area contributed by atoms with Crippen LogP contribution in [0.5, 0.6) is 0 Å². The van der Waals surface area contributed by atoms with Crippen LogP contribution in [0.2, 0.25) is 0 Å². The van der Waals surface area contributed by atoms with Gasteiger partial charge in [0.25, 0.3) is 0 Å². The lowest BCUT2D eigenvalue weighted by Gasteiger charge is -2.62. The Morgan fingerprint density at radius 1 is 1.15 bits per heavy atom. The predicted molar refractivity (Wildman–Crippen MR) is 122 cm³/mol. The maximum absolute atomic E-state index is 13.7. The standard InChI is InChI=1S/C25H39N5O3/c1-14-18-7-17(12-27)30(20(14)18)22(31)21(29)24-8-15-6-16(9-24)11-25(10-15,13-24)33-23(32)19(28)4-2-3-5-26/h14-21H,2-11,13,26,28-29H2,1H3/t14-,15?,16?,17-,18+,19-,20-,21+,24?,25?/m0/s1. The van der Waals surface area contributed by atoms with Gasteiger partial charge in [-0.05, 0) is 93.4 Å². The van der Waals surface area contributed by atoms with Crippen LogP contribution in [0.4, 0.5) is 0 Å². The fraction of sp³-hybridized carbons (Fsp3) is 0.880. The molecule has 1 saturated heterocycles. The van der Waals surface area contributed by atoms with Gasteiger partial charge in [0.1, 0.15) is 17.7 Å². The van der Waals surface area contributed by atoms with E-state index in [9.17, 15) is 14.9 Å². The first-order chi connectivity index (χ1) is 15.7. The summed E-state index contributed by atoms with van der Waals surface area (Å²) in [5.74, 6) is 1.34. The summed E-state index contributed by atoms with van der Waals surface area (Å²) in [6.07, 6.45) is 8.27. The number of likely N-dealkylation sites (tertiary alicyclic amines) is 1. The number of esters is 1. The van der Waals surface area contributed by atoms with E-state index >= 15 is 0 Å². The van der Waals surface area contributed by atoms with Crippen molar-refractivity contribution in [1.29, 1.82) is 5.26 Å². The lowest BCUT2D eigenvalue weighted by molar-refractivity contribution is -0.207. The minimum absolute atomic E-state index is 0.0692. The van der Waals surface area contributed by atoms with Gasteiger partial charge in [-0.15, -0.1) is 0 Å². The quantitative estimate of drug-likeness (QED) is 0.368. The molecule has 1 amide bonds. The van der Waals surface area contributed by atoms with E-state index in [1.165, 1.54) is 0 Å². The maximum Gasteiger partial charge on any atom is 0.323 e. The fourth-order valence-electron chi connectivity index (χ4n) is 8.40. The van der Waals surface area contributed by atoms with Gasteiger partial charge in [-0.1, -0.05) is 13.3 Å². The third kappa shape index (κ3) is 3.77. The minimum Gasteiger partial charge on any atom is -0.458 e. The summed E-state index contributed by atoms with van der Waals surface area (Å²) in [5.41, 5.74) is 17.6. The van der Waals surface area contributed by atoms with E-state index in [0.717, 1.165) is 51.4 Å². The third-order valence-corrected chi connectivity index (χ3v) is 9.64. The van der Waals surface area contributed by atoms with Crippen LogP contribution >= 0.6 is 0 Å². The van der Waals surface area contributed by atoms with Crippen LogP contribution in [0.25, 0.3) is 0 Å². The Hall–Kier alpha value is -1.69. The second kappa shape index (κ2) is 8.21. The SMILES string of the molecule is C[C@H]1[C@H]2C[C@@H](C#N)N(C(=O)[C@@H](N)C34CC5CC(CC(OC(=O)[C@@H](N)CCCCN)(C5)C3)C4)[C@@H]12. The fourth-order valence-corrected chi connectivity index (χ4v) is 8.40. The molecule has 8 nitrogen and oxygen atoms in total. The number of amides is 1. The molecular weight excluding hydrogens is 418 g/mol. The van der Waals surface area contributed by atoms with E-state index < -0.39 is 17.7 Å². The number of carbonyl (C=O) groups excluding carboxylic acids is 2. The molecule has 33 heavy (non-hydrogen) atoms. The summed E-state index contributed by atoms with van der Waals surface area (Å²) in [6, 6.07) is 0.853. The Bertz CT molecular complexity index is 841. The van der Waals surface area contributed by atoms with Crippen LogP contribution in [0.3, 0.4) is 0 Å². The highest BCUT2D eigenvalue weighted by molar-refractivity contribution is 5.84. The highest BCUT2D eigenvalue weighted by atomic mass is 16.6. The average molecular weight is 458 g/mol. The number of rotatable bonds is 8. The highest BCUT2D eigenvalue weighted by Crippen LogP contribution is 2.64. The number of carbonyl (C=O) groups is 2. The van der Waals surface area contributed by atoms with Crippen molar-refractivity contribution >= 4 is 11.9 Å². The summed E-state index contributed by atoms with van der Waals surface area (Å²) in [5, 5.41) is 9.63. The minimum atomic E-state index is -0.651. The topological polar surface area (TPSA) is 148 Å². The van der Waals surface area contributed by atoms with Crippen molar-refractivity contribution in [3.63, 3.8) is 0 Å². The number of fused-ring (bicyclic) bond motifs is 1. The van der Waals surface area contributed by atoms with E-state index in [4.69, 9.17) is 21.9 Å². The van der Waals surface area contributed by atoms with Gasteiger partial charge in [-0.3, -0.25) is 9.59 Å². The Morgan fingerprint density at radius 3 is 2.48 bits per heavy atom. The number of nitrogens with zero attached hydrogens (tertiary/aromatic N) is 2. The molecule has 6 N–H and O–H groups in total. The highest BCUT2D eigenvalue weighted by Gasteiger charge is 2.65. The number of hydrogen-bond acceptors (Lipinski definition) is 7. The van der Waals surface area contributed by atoms with Crippen LogP contribution in [-0.2, 0) is 14.3 Å². The van der Waals surface area contributed by atoms with Gasteiger partial charge in [-0.25, -0.2) is 0 Å². The molecule has 6 aliphatic rings. The Kier molecular flexibility index (Phi) is 5.74. The lowest BCUT2D eigenvalue weighted by atomic mass is 9.46. The van der Waals surface area contributed by atoms with Gasteiger partial charge in [0.2, 0.25) is 5.91 Å². The van der Waals surface area contributed by atoms with Crippen LogP contribution in [0, 0.1) is 40.4 Å². The van der Waals surface area contributed by atoms with Crippen molar-refractivity contribution in [3.05, 3.63) is 0 Å². The Labute approximate surface area is 196 Å². The molecule has 5 saturated carbocycles. The third-order valence-electron chi connectivity index (χ3n) is 9.64. The molecule has 2 unspecified atom stereocenters. The molecule has 0 aromatic rings. The number of hydrogen-bond donors (Lipinski definition) is 3. The molecule has 8 atom stereocenters. The Balaban J connectivity index is 1.32. The van der Waals surface area contributed by atoms with Gasteiger partial charge in [0.15, 0.2) is 0 Å². The molecule has 182 valence electrons. The average Bonchev–Trinajstić information content (AvgIpc) is 3.21. The van der Waals surface area contributed by atoms with Crippen molar-refractivity contribution in [3.8, 4) is 6.07 Å². The molecule has 8 heteroatoms. The zero-order chi connectivity index (χ0) is 23.5. The lowest BCUT2D eigenvalue weighted by Crippen LogP contribution is -2.66. The first-order valence-corrected chi connectivity index (χ1v) is 12.9. The molecular formula is C25H39N5O3. The van der Waals surface area contributed by atoms with Gasteiger partial charge in [-0.2, -0.15) is 5.26 Å². The molecule has 0 spiro atoms. The number of unbranched alkanes of at least 4 members (excludes halogenated alkanes) is 1. The van der Waals surface area contributed by atoms with E-state index in [1.807, 2.05) is 4.90 Å². The van der Waals surface area contributed by atoms with Crippen molar-refractivity contribution in [2.45, 2.75) is 101 Å². The predicted octanol–water partition coefficient (Wildman–Crippen LogP) is 1.41. The molecule has 0 aromatic carbocycles. The molecule has 1 aliphatic heterocycles. The van der Waals surface area contributed by atoms with Gasteiger partial charge < -0.3 is 26.8 Å². The van der Waals surface area contributed by atoms with E-state index in [-0.39, 0.29) is 29.4 Å². The zero-order valence-electron chi connectivity index (χ0n) is 19.7. The first-order valence-electron chi connectivity index (χ1n) is 12.9. The van der Waals surface area contributed by atoms with Crippen LogP contribution in [0.1, 0.15) is 71.1 Å². The summed E-state index contributed by atoms with van der Waals surface area (Å²) < 4.78 is 6.18. The Morgan fingerprint density at radius 2 is 1.85 bits per heavy atom. The van der Waals surface area contributed by atoms with Gasteiger partial charge in [0, 0.05) is 6.04 Å². The molecule has 6 fully saturated rings. The molecule has 0 aromatic heterocycles. The van der Waals surface area contributed by atoms with Crippen LogP contribution in [0.15, 0.2) is 0 Å². The van der Waals surface area contributed by atoms with Crippen LogP contribution in [-0.4, -0.2) is 53.1 Å². The summed E-state index contributed by atoms with van der Waals surface area (Å²) in [4.78, 5) is 28.4. The van der Waals surface area contributed by atoms with E-state index in [0.29, 0.717) is 43.1 Å².